The first kappa shape index (κ1) is 15.3. The van der Waals surface area contributed by atoms with Crippen LogP contribution in [0.2, 0.25) is 0 Å². The van der Waals surface area contributed by atoms with Crippen LogP contribution in [-0.2, 0) is 0 Å². The van der Waals surface area contributed by atoms with Crippen molar-refractivity contribution in [2.24, 2.45) is 0 Å². The molecule has 0 radical (unpaired) electrons. The molecular weight excluding hydrogens is 286 g/mol. The van der Waals surface area contributed by atoms with Crippen molar-refractivity contribution in [3.05, 3.63) is 68.9 Å². The van der Waals surface area contributed by atoms with Crippen LogP contribution in [0.25, 0.3) is 0 Å². The van der Waals surface area contributed by atoms with Crippen LogP contribution in [0.1, 0.15) is 32.0 Å². The molecule has 0 spiro atoms. The second-order valence-corrected chi connectivity index (χ2v) is 4.76. The molecule has 1 aromatic heterocycles. The van der Waals surface area contributed by atoms with Crippen LogP contribution in [0.4, 0.5) is 5.82 Å². The lowest BCUT2D eigenvalue weighted by Gasteiger charge is -2.05. The normalized spacial score (nSPS) is 10.1. The zero-order valence-electron chi connectivity index (χ0n) is 12.0. The highest BCUT2D eigenvalue weighted by Crippen LogP contribution is 2.12. The number of aryl methyl sites for hydroxylation is 2. The fourth-order valence-electron chi connectivity index (χ4n) is 1.83. The fraction of sp³-hybridized carbons (Fsp3) is 0.133. The number of benzene rings is 1. The number of hydrogen-bond acceptors (Lipinski definition) is 5. The molecule has 22 heavy (non-hydrogen) atoms. The molecule has 0 atom stereocenters. The molecular formula is C15H13N3O4. The average Bonchev–Trinajstić information content (AvgIpc) is 2.47. The molecule has 0 aliphatic heterocycles. The smallest absolute Gasteiger partial charge is 0.358 e. The Balaban J connectivity index is 2.20. The number of aromatic nitrogens is 1. The standard InChI is InChI=1S/C15H13N3O4/c1-9-3-5-11(6-4-9)14(19)17-15(20)12-7-10(2)16-13(8-12)18(21)22/h3-8H,1-2H3,(H,17,19,20). The molecule has 112 valence electrons. The number of rotatable bonds is 3. The van der Waals surface area contributed by atoms with E-state index >= 15 is 0 Å². The summed E-state index contributed by atoms with van der Waals surface area (Å²) in [6.45, 7) is 3.41. The van der Waals surface area contributed by atoms with Gasteiger partial charge in [-0.15, -0.1) is 0 Å². The van der Waals surface area contributed by atoms with Gasteiger partial charge in [-0.1, -0.05) is 17.7 Å². The summed E-state index contributed by atoms with van der Waals surface area (Å²) in [6, 6.07) is 9.10. The van der Waals surface area contributed by atoms with Gasteiger partial charge in [0, 0.05) is 18.6 Å². The minimum Gasteiger partial charge on any atom is -0.358 e. The third kappa shape index (κ3) is 3.51. The van der Waals surface area contributed by atoms with Crippen LogP contribution in [-0.4, -0.2) is 21.7 Å². The highest BCUT2D eigenvalue weighted by atomic mass is 16.6. The lowest BCUT2D eigenvalue weighted by Crippen LogP contribution is -2.30. The van der Waals surface area contributed by atoms with E-state index < -0.39 is 22.6 Å². The van der Waals surface area contributed by atoms with Gasteiger partial charge in [0.05, 0.1) is 5.56 Å². The van der Waals surface area contributed by atoms with E-state index in [-0.39, 0.29) is 5.56 Å². The van der Waals surface area contributed by atoms with E-state index in [0.717, 1.165) is 11.6 Å². The summed E-state index contributed by atoms with van der Waals surface area (Å²) in [4.78, 5) is 37.8. The lowest BCUT2D eigenvalue weighted by molar-refractivity contribution is -0.389. The fourth-order valence-corrected chi connectivity index (χ4v) is 1.83. The molecule has 0 saturated carbocycles. The van der Waals surface area contributed by atoms with Gasteiger partial charge in [0.15, 0.2) is 5.69 Å². The predicted octanol–water partition coefficient (Wildman–Crippen LogP) is 2.18. The van der Waals surface area contributed by atoms with Crippen molar-refractivity contribution in [1.29, 1.82) is 0 Å². The lowest BCUT2D eigenvalue weighted by atomic mass is 10.1. The Bertz CT molecular complexity index is 754. The monoisotopic (exact) mass is 299 g/mol. The first-order chi connectivity index (χ1) is 10.4. The second-order valence-electron chi connectivity index (χ2n) is 4.76. The SMILES string of the molecule is Cc1ccc(C(=O)NC(=O)c2cc(C)nc([N+](=O)[O-])c2)cc1. The highest BCUT2D eigenvalue weighted by Gasteiger charge is 2.17. The van der Waals surface area contributed by atoms with E-state index in [9.17, 15) is 19.7 Å². The van der Waals surface area contributed by atoms with Gasteiger partial charge < -0.3 is 10.1 Å². The molecule has 1 aromatic carbocycles. The van der Waals surface area contributed by atoms with Crippen molar-refractivity contribution in [2.45, 2.75) is 13.8 Å². The summed E-state index contributed by atoms with van der Waals surface area (Å²) in [5.41, 5.74) is 1.66. The van der Waals surface area contributed by atoms with Gasteiger partial charge in [0.1, 0.15) is 0 Å². The zero-order valence-corrected chi connectivity index (χ0v) is 12.0. The number of nitro groups is 1. The summed E-state index contributed by atoms with van der Waals surface area (Å²) in [7, 11) is 0. The van der Waals surface area contributed by atoms with Crippen molar-refractivity contribution in [2.75, 3.05) is 0 Å². The minimum atomic E-state index is -0.709. The van der Waals surface area contributed by atoms with Crippen molar-refractivity contribution in [1.82, 2.24) is 10.3 Å². The molecule has 1 heterocycles. The Morgan fingerprint density at radius 1 is 1.05 bits per heavy atom. The highest BCUT2D eigenvalue weighted by molar-refractivity contribution is 6.10. The number of nitrogens with zero attached hydrogens (tertiary/aromatic N) is 2. The maximum absolute atomic E-state index is 12.0. The summed E-state index contributed by atoms with van der Waals surface area (Å²) in [5, 5.41) is 12.9. The average molecular weight is 299 g/mol. The molecule has 2 aromatic rings. The van der Waals surface area contributed by atoms with Gasteiger partial charge in [-0.3, -0.25) is 14.9 Å². The number of hydrogen-bond donors (Lipinski definition) is 1. The van der Waals surface area contributed by atoms with E-state index in [4.69, 9.17) is 0 Å². The van der Waals surface area contributed by atoms with Crippen molar-refractivity contribution < 1.29 is 14.5 Å². The van der Waals surface area contributed by atoms with Gasteiger partial charge in [-0.05, 0) is 35.0 Å². The largest absolute Gasteiger partial charge is 0.364 e. The van der Waals surface area contributed by atoms with Gasteiger partial charge >= 0.3 is 5.82 Å². The molecule has 1 N–H and O–H groups in total. The Morgan fingerprint density at radius 2 is 1.64 bits per heavy atom. The number of carbonyl (C=O) groups is 2. The number of pyridine rings is 1. The first-order valence-corrected chi connectivity index (χ1v) is 6.42. The van der Waals surface area contributed by atoms with Crippen LogP contribution in [0.15, 0.2) is 36.4 Å². The third-order valence-corrected chi connectivity index (χ3v) is 2.93. The minimum absolute atomic E-state index is 0.0136. The molecule has 7 nitrogen and oxygen atoms in total. The van der Waals surface area contributed by atoms with Crippen LogP contribution in [0.3, 0.4) is 0 Å². The Kier molecular flexibility index (Phi) is 4.26. The first-order valence-electron chi connectivity index (χ1n) is 6.42. The second kappa shape index (κ2) is 6.13. The Hall–Kier alpha value is -3.09. The summed E-state index contributed by atoms with van der Waals surface area (Å²) < 4.78 is 0. The van der Waals surface area contributed by atoms with Crippen molar-refractivity contribution >= 4 is 17.6 Å². The van der Waals surface area contributed by atoms with Crippen LogP contribution in [0.5, 0.6) is 0 Å². The van der Waals surface area contributed by atoms with E-state index in [2.05, 4.69) is 10.3 Å². The van der Waals surface area contributed by atoms with Gasteiger partial charge in [0.25, 0.3) is 11.8 Å². The van der Waals surface area contributed by atoms with Crippen LogP contribution in [0, 0.1) is 24.0 Å². The van der Waals surface area contributed by atoms with Gasteiger partial charge in [-0.25, -0.2) is 0 Å². The Morgan fingerprint density at radius 3 is 2.23 bits per heavy atom. The molecule has 0 bridgehead atoms. The molecule has 0 saturated heterocycles. The third-order valence-electron chi connectivity index (χ3n) is 2.93. The topological polar surface area (TPSA) is 102 Å². The van der Waals surface area contributed by atoms with Crippen molar-refractivity contribution in [3.8, 4) is 0 Å². The van der Waals surface area contributed by atoms with E-state index in [1.54, 1.807) is 24.3 Å². The molecule has 0 unspecified atom stereocenters. The van der Waals surface area contributed by atoms with Crippen molar-refractivity contribution in [3.63, 3.8) is 0 Å². The molecule has 0 fully saturated rings. The summed E-state index contributed by atoms with van der Waals surface area (Å²) in [5.74, 6) is -1.71. The molecule has 0 aliphatic rings. The Labute approximate surface area is 126 Å². The van der Waals surface area contributed by atoms with E-state index in [1.807, 2.05) is 6.92 Å². The van der Waals surface area contributed by atoms with Crippen LogP contribution < -0.4 is 5.32 Å². The summed E-state index contributed by atoms with van der Waals surface area (Å²) >= 11 is 0. The number of carbonyl (C=O) groups excluding carboxylic acids is 2. The van der Waals surface area contributed by atoms with E-state index in [0.29, 0.717) is 11.3 Å². The maximum atomic E-state index is 12.0. The maximum Gasteiger partial charge on any atom is 0.364 e. The predicted molar refractivity (Wildman–Crippen MR) is 78.6 cm³/mol. The quantitative estimate of drug-likeness (QED) is 0.531. The van der Waals surface area contributed by atoms with Gasteiger partial charge in [0.2, 0.25) is 0 Å². The number of amides is 2. The number of imide groups is 1. The molecule has 7 heteroatoms. The molecule has 0 aliphatic carbocycles. The number of nitrogens with one attached hydrogen (secondary N) is 1. The van der Waals surface area contributed by atoms with Gasteiger partial charge in [-0.2, -0.15) is 0 Å². The zero-order chi connectivity index (χ0) is 16.3. The summed E-state index contributed by atoms with van der Waals surface area (Å²) in [6.07, 6.45) is 0. The molecule has 2 amide bonds. The van der Waals surface area contributed by atoms with Crippen LogP contribution >= 0.6 is 0 Å². The van der Waals surface area contributed by atoms with E-state index in [1.165, 1.54) is 13.0 Å². The molecule has 2 rings (SSSR count).